The number of benzene rings is 1. The molecule has 5 nitrogen and oxygen atoms in total. The van der Waals surface area contributed by atoms with Crippen molar-refractivity contribution in [3.05, 3.63) is 58.8 Å². The minimum Gasteiger partial charge on any atom is -0.365 e. The standard InChI is InChI=1S/C15H13N3O2/c1-9-7-11-12(15(20)18-14(11)19)13(17-9)16-8-10-5-3-2-4-6-10/h2-7H,8H2,1H3,(H,16,17)(H,18,19,20). The zero-order valence-electron chi connectivity index (χ0n) is 10.9. The number of aryl methyl sites for hydroxylation is 1. The average molecular weight is 267 g/mol. The summed E-state index contributed by atoms with van der Waals surface area (Å²) in [5, 5.41) is 5.42. The molecule has 20 heavy (non-hydrogen) atoms. The van der Waals surface area contributed by atoms with Gasteiger partial charge in [0, 0.05) is 12.2 Å². The summed E-state index contributed by atoms with van der Waals surface area (Å²) in [4.78, 5) is 27.8. The number of imide groups is 1. The fourth-order valence-electron chi connectivity index (χ4n) is 2.22. The van der Waals surface area contributed by atoms with E-state index in [4.69, 9.17) is 0 Å². The molecule has 2 heterocycles. The second kappa shape index (κ2) is 4.77. The van der Waals surface area contributed by atoms with Crippen molar-refractivity contribution in [3.63, 3.8) is 0 Å². The van der Waals surface area contributed by atoms with E-state index in [0.29, 0.717) is 29.2 Å². The van der Waals surface area contributed by atoms with E-state index in [0.717, 1.165) is 5.56 Å². The van der Waals surface area contributed by atoms with Crippen LogP contribution in [0.25, 0.3) is 0 Å². The summed E-state index contributed by atoms with van der Waals surface area (Å²) in [6, 6.07) is 11.4. The Balaban J connectivity index is 1.93. The molecule has 1 aliphatic rings. The monoisotopic (exact) mass is 267 g/mol. The summed E-state index contributed by atoms with van der Waals surface area (Å²) in [5.41, 5.74) is 2.49. The third kappa shape index (κ3) is 2.14. The van der Waals surface area contributed by atoms with Crippen molar-refractivity contribution in [3.8, 4) is 0 Å². The lowest BCUT2D eigenvalue weighted by Crippen LogP contribution is -2.20. The van der Waals surface area contributed by atoms with Gasteiger partial charge in [-0.05, 0) is 18.6 Å². The van der Waals surface area contributed by atoms with Gasteiger partial charge < -0.3 is 5.32 Å². The average Bonchev–Trinajstić information content (AvgIpc) is 2.72. The summed E-state index contributed by atoms with van der Waals surface area (Å²) in [5.74, 6) is -0.307. The zero-order valence-corrected chi connectivity index (χ0v) is 10.9. The number of fused-ring (bicyclic) bond motifs is 1. The molecule has 100 valence electrons. The van der Waals surface area contributed by atoms with E-state index in [2.05, 4.69) is 15.6 Å². The van der Waals surface area contributed by atoms with Gasteiger partial charge in [-0.15, -0.1) is 0 Å². The quantitative estimate of drug-likeness (QED) is 0.833. The summed E-state index contributed by atoms with van der Waals surface area (Å²) in [6.07, 6.45) is 0. The molecule has 3 rings (SSSR count). The van der Waals surface area contributed by atoms with Crippen LogP contribution in [0.15, 0.2) is 36.4 Å². The van der Waals surface area contributed by atoms with Crippen LogP contribution < -0.4 is 10.6 Å². The maximum atomic E-state index is 11.8. The molecular weight excluding hydrogens is 254 g/mol. The fourth-order valence-corrected chi connectivity index (χ4v) is 2.22. The van der Waals surface area contributed by atoms with Crippen molar-refractivity contribution in [1.82, 2.24) is 10.3 Å². The van der Waals surface area contributed by atoms with Gasteiger partial charge in [-0.2, -0.15) is 0 Å². The lowest BCUT2D eigenvalue weighted by Gasteiger charge is -2.09. The topological polar surface area (TPSA) is 71.1 Å². The molecule has 2 amide bonds. The third-order valence-corrected chi connectivity index (χ3v) is 3.15. The first-order chi connectivity index (χ1) is 9.65. The molecule has 1 aromatic heterocycles. The summed E-state index contributed by atoms with van der Waals surface area (Å²) in [7, 11) is 0. The molecule has 2 N–H and O–H groups in total. The molecule has 0 unspecified atom stereocenters. The molecule has 0 saturated heterocycles. The Bertz CT molecular complexity index is 696. The molecule has 0 fully saturated rings. The van der Waals surface area contributed by atoms with E-state index in [1.807, 2.05) is 30.3 Å². The Morgan fingerprint density at radius 3 is 2.65 bits per heavy atom. The Kier molecular flexibility index (Phi) is 2.95. The predicted octanol–water partition coefficient (Wildman–Crippen LogP) is 1.89. The van der Waals surface area contributed by atoms with Crippen LogP contribution in [0.5, 0.6) is 0 Å². The Hall–Kier alpha value is -2.69. The van der Waals surface area contributed by atoms with E-state index in [1.54, 1.807) is 13.0 Å². The second-order valence-corrected chi connectivity index (χ2v) is 4.66. The van der Waals surface area contributed by atoms with Crippen LogP contribution in [-0.2, 0) is 6.54 Å². The number of nitrogens with one attached hydrogen (secondary N) is 2. The van der Waals surface area contributed by atoms with E-state index >= 15 is 0 Å². The van der Waals surface area contributed by atoms with Crippen molar-refractivity contribution < 1.29 is 9.59 Å². The number of rotatable bonds is 3. The summed E-state index contributed by atoms with van der Waals surface area (Å²) in [6.45, 7) is 2.34. The normalized spacial score (nSPS) is 13.1. The van der Waals surface area contributed by atoms with Gasteiger partial charge in [0.1, 0.15) is 5.82 Å². The number of hydrogen-bond donors (Lipinski definition) is 2. The molecule has 0 saturated carbocycles. The summed E-state index contributed by atoms with van der Waals surface area (Å²) >= 11 is 0. The number of anilines is 1. The number of nitrogens with zero attached hydrogens (tertiary/aromatic N) is 1. The number of hydrogen-bond acceptors (Lipinski definition) is 4. The van der Waals surface area contributed by atoms with Crippen LogP contribution in [0.4, 0.5) is 5.82 Å². The molecule has 1 aliphatic heterocycles. The minimum absolute atomic E-state index is 0.330. The smallest absolute Gasteiger partial charge is 0.262 e. The maximum absolute atomic E-state index is 11.8. The van der Waals surface area contributed by atoms with E-state index in [-0.39, 0.29) is 5.91 Å². The molecule has 1 aromatic carbocycles. The van der Waals surface area contributed by atoms with Crippen LogP contribution in [-0.4, -0.2) is 16.8 Å². The number of aromatic nitrogens is 1. The Morgan fingerprint density at radius 2 is 1.90 bits per heavy atom. The first kappa shape index (κ1) is 12.3. The molecule has 0 radical (unpaired) electrons. The molecule has 5 heteroatoms. The maximum Gasteiger partial charge on any atom is 0.262 e. The van der Waals surface area contributed by atoms with Crippen LogP contribution in [0.3, 0.4) is 0 Å². The summed E-state index contributed by atoms with van der Waals surface area (Å²) < 4.78 is 0. The van der Waals surface area contributed by atoms with Gasteiger partial charge in [0.05, 0.1) is 11.1 Å². The Labute approximate surface area is 116 Å². The van der Waals surface area contributed by atoms with Crippen LogP contribution in [0.1, 0.15) is 32.0 Å². The minimum atomic E-state index is -0.395. The van der Waals surface area contributed by atoms with Crippen LogP contribution >= 0.6 is 0 Å². The highest BCUT2D eigenvalue weighted by Crippen LogP contribution is 2.24. The first-order valence-electron chi connectivity index (χ1n) is 6.30. The largest absolute Gasteiger partial charge is 0.365 e. The van der Waals surface area contributed by atoms with Crippen molar-refractivity contribution in [2.75, 3.05) is 5.32 Å². The third-order valence-electron chi connectivity index (χ3n) is 3.15. The molecule has 0 bridgehead atoms. The van der Waals surface area contributed by atoms with Crippen molar-refractivity contribution in [1.29, 1.82) is 0 Å². The van der Waals surface area contributed by atoms with E-state index < -0.39 is 5.91 Å². The molecule has 2 aromatic rings. The SMILES string of the molecule is Cc1cc2c(c(NCc3ccccc3)n1)C(=O)NC2=O. The first-order valence-corrected chi connectivity index (χ1v) is 6.30. The second-order valence-electron chi connectivity index (χ2n) is 4.66. The molecule has 0 atom stereocenters. The van der Waals surface area contributed by atoms with E-state index in [9.17, 15) is 9.59 Å². The lowest BCUT2D eigenvalue weighted by atomic mass is 10.1. The highest BCUT2D eigenvalue weighted by Gasteiger charge is 2.30. The highest BCUT2D eigenvalue weighted by atomic mass is 16.2. The van der Waals surface area contributed by atoms with Gasteiger partial charge in [-0.3, -0.25) is 14.9 Å². The van der Waals surface area contributed by atoms with E-state index in [1.165, 1.54) is 0 Å². The van der Waals surface area contributed by atoms with Crippen molar-refractivity contribution in [2.45, 2.75) is 13.5 Å². The number of pyridine rings is 1. The zero-order chi connectivity index (χ0) is 14.1. The van der Waals surface area contributed by atoms with Gasteiger partial charge in [0.2, 0.25) is 0 Å². The van der Waals surface area contributed by atoms with Crippen molar-refractivity contribution >= 4 is 17.6 Å². The van der Waals surface area contributed by atoms with Gasteiger partial charge in [-0.1, -0.05) is 30.3 Å². The molecule has 0 aliphatic carbocycles. The van der Waals surface area contributed by atoms with Crippen molar-refractivity contribution in [2.24, 2.45) is 0 Å². The van der Waals surface area contributed by atoms with Gasteiger partial charge in [0.15, 0.2) is 0 Å². The number of carbonyl (C=O) groups excluding carboxylic acids is 2. The molecular formula is C15H13N3O2. The number of amides is 2. The van der Waals surface area contributed by atoms with Crippen LogP contribution in [0.2, 0.25) is 0 Å². The van der Waals surface area contributed by atoms with Gasteiger partial charge in [0.25, 0.3) is 11.8 Å². The lowest BCUT2D eigenvalue weighted by molar-refractivity contribution is 0.0880. The van der Waals surface area contributed by atoms with Gasteiger partial charge >= 0.3 is 0 Å². The van der Waals surface area contributed by atoms with Crippen LogP contribution in [0, 0.1) is 6.92 Å². The van der Waals surface area contributed by atoms with Gasteiger partial charge in [-0.25, -0.2) is 4.98 Å². The predicted molar refractivity (Wildman–Crippen MR) is 74.5 cm³/mol. The number of carbonyl (C=O) groups is 2. The fraction of sp³-hybridized carbons (Fsp3) is 0.133. The molecule has 0 spiro atoms. The Morgan fingerprint density at radius 1 is 1.15 bits per heavy atom. The highest BCUT2D eigenvalue weighted by molar-refractivity contribution is 6.23.